The number of aryl methyl sites for hydroxylation is 1. The molecule has 25 heavy (non-hydrogen) atoms. The van der Waals surface area contributed by atoms with Gasteiger partial charge in [-0.25, -0.2) is 4.79 Å². The van der Waals surface area contributed by atoms with Crippen molar-refractivity contribution in [3.63, 3.8) is 0 Å². The summed E-state index contributed by atoms with van der Waals surface area (Å²) in [5.41, 5.74) is 2.63. The van der Waals surface area contributed by atoms with E-state index in [2.05, 4.69) is 46.7 Å². The molecule has 2 heterocycles. The van der Waals surface area contributed by atoms with E-state index in [0.29, 0.717) is 13.0 Å². The van der Waals surface area contributed by atoms with Crippen molar-refractivity contribution >= 4 is 11.9 Å². The maximum atomic E-state index is 12.1. The SMILES string of the molecule is Cc1cccc(CN2CCC(NC(=O)N[C@H]3CCN(C)C3=O)CC2)c1. The van der Waals surface area contributed by atoms with E-state index >= 15 is 0 Å². The molecule has 3 rings (SSSR count). The van der Waals surface area contributed by atoms with Gasteiger partial charge >= 0.3 is 6.03 Å². The molecular formula is C19H28N4O2. The number of urea groups is 1. The van der Waals surface area contributed by atoms with Gasteiger partial charge in [0.05, 0.1) is 0 Å². The number of benzene rings is 1. The van der Waals surface area contributed by atoms with Crippen molar-refractivity contribution in [2.75, 3.05) is 26.7 Å². The van der Waals surface area contributed by atoms with Crippen LogP contribution in [0.5, 0.6) is 0 Å². The lowest BCUT2D eigenvalue weighted by Crippen LogP contribution is -2.51. The zero-order chi connectivity index (χ0) is 17.8. The van der Waals surface area contributed by atoms with E-state index in [9.17, 15) is 9.59 Å². The van der Waals surface area contributed by atoms with E-state index in [-0.39, 0.29) is 24.0 Å². The lowest BCUT2D eigenvalue weighted by atomic mass is 10.0. The predicted octanol–water partition coefficient (Wildman–Crippen LogP) is 1.49. The number of likely N-dealkylation sites (tertiary alicyclic amines) is 2. The largest absolute Gasteiger partial charge is 0.344 e. The molecule has 6 nitrogen and oxygen atoms in total. The number of nitrogens with one attached hydrogen (secondary N) is 2. The first kappa shape index (κ1) is 17.7. The summed E-state index contributed by atoms with van der Waals surface area (Å²) in [4.78, 5) is 28.1. The van der Waals surface area contributed by atoms with Crippen molar-refractivity contribution in [1.82, 2.24) is 20.4 Å². The molecule has 0 saturated carbocycles. The molecule has 0 radical (unpaired) electrons. The fourth-order valence-electron chi connectivity index (χ4n) is 3.65. The highest BCUT2D eigenvalue weighted by Gasteiger charge is 2.31. The molecule has 6 heteroatoms. The Labute approximate surface area is 149 Å². The van der Waals surface area contributed by atoms with Crippen molar-refractivity contribution in [3.05, 3.63) is 35.4 Å². The zero-order valence-corrected chi connectivity index (χ0v) is 15.1. The highest BCUT2D eigenvalue weighted by molar-refractivity contribution is 5.88. The van der Waals surface area contributed by atoms with Crippen LogP contribution in [0.1, 0.15) is 30.4 Å². The van der Waals surface area contributed by atoms with Gasteiger partial charge in [0.15, 0.2) is 0 Å². The Hall–Kier alpha value is -2.08. The number of carbonyl (C=O) groups is 2. The van der Waals surface area contributed by atoms with Crippen molar-refractivity contribution in [2.24, 2.45) is 0 Å². The fourth-order valence-corrected chi connectivity index (χ4v) is 3.65. The quantitative estimate of drug-likeness (QED) is 0.870. The average Bonchev–Trinajstić information content (AvgIpc) is 2.89. The van der Waals surface area contributed by atoms with E-state index < -0.39 is 0 Å². The van der Waals surface area contributed by atoms with Crippen molar-refractivity contribution in [2.45, 2.75) is 44.8 Å². The van der Waals surface area contributed by atoms with Crippen LogP contribution in [0.3, 0.4) is 0 Å². The number of nitrogens with zero attached hydrogens (tertiary/aromatic N) is 2. The van der Waals surface area contributed by atoms with Crippen LogP contribution in [-0.4, -0.2) is 60.5 Å². The summed E-state index contributed by atoms with van der Waals surface area (Å²) in [5.74, 6) is 0.00289. The number of likely N-dealkylation sites (N-methyl/N-ethyl adjacent to an activating group) is 1. The molecule has 0 aromatic heterocycles. The van der Waals surface area contributed by atoms with Crippen LogP contribution in [0.15, 0.2) is 24.3 Å². The third-order valence-corrected chi connectivity index (χ3v) is 5.14. The first-order valence-corrected chi connectivity index (χ1v) is 9.11. The van der Waals surface area contributed by atoms with Gasteiger partial charge in [-0.05, 0) is 31.7 Å². The van der Waals surface area contributed by atoms with Crippen LogP contribution in [0, 0.1) is 6.92 Å². The monoisotopic (exact) mass is 344 g/mol. The van der Waals surface area contributed by atoms with Crippen LogP contribution >= 0.6 is 0 Å². The van der Waals surface area contributed by atoms with Gasteiger partial charge in [0, 0.05) is 39.3 Å². The van der Waals surface area contributed by atoms with E-state index in [4.69, 9.17) is 0 Å². The van der Waals surface area contributed by atoms with Gasteiger partial charge in [-0.15, -0.1) is 0 Å². The van der Waals surface area contributed by atoms with Crippen molar-refractivity contribution in [3.8, 4) is 0 Å². The van der Waals surface area contributed by atoms with Crippen LogP contribution in [-0.2, 0) is 11.3 Å². The van der Waals surface area contributed by atoms with Gasteiger partial charge < -0.3 is 15.5 Å². The second kappa shape index (κ2) is 7.87. The van der Waals surface area contributed by atoms with Gasteiger partial charge in [0.2, 0.25) is 5.91 Å². The standard InChI is InChI=1S/C19H28N4O2/c1-14-4-3-5-15(12-14)13-23-10-6-16(7-11-23)20-19(25)21-17-8-9-22(2)18(17)24/h3-5,12,16-17H,6-11,13H2,1-2H3,(H2,20,21,25)/t17-/m0/s1. The van der Waals surface area contributed by atoms with E-state index in [1.807, 2.05) is 0 Å². The molecule has 3 amide bonds. The minimum absolute atomic E-state index is 0.00289. The lowest BCUT2D eigenvalue weighted by Gasteiger charge is -2.32. The lowest BCUT2D eigenvalue weighted by molar-refractivity contribution is -0.128. The molecule has 136 valence electrons. The second-order valence-corrected chi connectivity index (χ2v) is 7.26. The minimum Gasteiger partial charge on any atom is -0.344 e. The molecular weight excluding hydrogens is 316 g/mol. The summed E-state index contributed by atoms with van der Waals surface area (Å²) in [7, 11) is 1.77. The van der Waals surface area contributed by atoms with Gasteiger partial charge in [-0.3, -0.25) is 9.69 Å². The van der Waals surface area contributed by atoms with Gasteiger partial charge in [0.1, 0.15) is 6.04 Å². The first-order valence-electron chi connectivity index (χ1n) is 9.11. The van der Waals surface area contributed by atoms with Crippen LogP contribution in [0.2, 0.25) is 0 Å². The van der Waals surface area contributed by atoms with Crippen molar-refractivity contribution in [1.29, 1.82) is 0 Å². The molecule has 1 aromatic carbocycles. The second-order valence-electron chi connectivity index (χ2n) is 7.26. The molecule has 0 spiro atoms. The maximum absolute atomic E-state index is 12.1. The third-order valence-electron chi connectivity index (χ3n) is 5.14. The number of amides is 3. The number of piperidine rings is 1. The van der Waals surface area contributed by atoms with E-state index in [1.54, 1.807) is 11.9 Å². The summed E-state index contributed by atoms with van der Waals surface area (Å²) < 4.78 is 0. The number of rotatable bonds is 4. The molecule has 2 aliphatic rings. The molecule has 0 unspecified atom stereocenters. The summed E-state index contributed by atoms with van der Waals surface area (Å²) >= 11 is 0. The predicted molar refractivity (Wildman–Crippen MR) is 97.2 cm³/mol. The first-order chi connectivity index (χ1) is 12.0. The Morgan fingerprint density at radius 2 is 1.92 bits per heavy atom. The summed E-state index contributed by atoms with van der Waals surface area (Å²) in [6.07, 6.45) is 2.58. The van der Waals surface area contributed by atoms with Crippen LogP contribution in [0.25, 0.3) is 0 Å². The topological polar surface area (TPSA) is 64.7 Å². The minimum atomic E-state index is -0.369. The third kappa shape index (κ3) is 4.72. The van der Waals surface area contributed by atoms with E-state index in [0.717, 1.165) is 32.5 Å². The maximum Gasteiger partial charge on any atom is 0.315 e. The molecule has 1 aromatic rings. The van der Waals surface area contributed by atoms with Crippen LogP contribution < -0.4 is 10.6 Å². The number of hydrogen-bond acceptors (Lipinski definition) is 3. The Bertz CT molecular complexity index is 626. The Kier molecular flexibility index (Phi) is 5.58. The highest BCUT2D eigenvalue weighted by atomic mass is 16.2. The Morgan fingerprint density at radius 1 is 1.16 bits per heavy atom. The zero-order valence-electron chi connectivity index (χ0n) is 15.1. The number of carbonyl (C=O) groups excluding carboxylic acids is 2. The summed E-state index contributed by atoms with van der Waals surface area (Å²) in [6, 6.07) is 8.21. The Balaban J connectivity index is 1.40. The van der Waals surface area contributed by atoms with Gasteiger partial charge in [0.25, 0.3) is 0 Å². The molecule has 2 saturated heterocycles. The molecule has 2 fully saturated rings. The average molecular weight is 344 g/mol. The summed E-state index contributed by atoms with van der Waals surface area (Å²) in [6.45, 7) is 5.74. The smallest absolute Gasteiger partial charge is 0.315 e. The molecule has 1 atom stereocenters. The van der Waals surface area contributed by atoms with Crippen molar-refractivity contribution < 1.29 is 9.59 Å². The molecule has 2 N–H and O–H groups in total. The van der Waals surface area contributed by atoms with Crippen LogP contribution in [0.4, 0.5) is 4.79 Å². The fraction of sp³-hybridized carbons (Fsp3) is 0.579. The number of hydrogen-bond donors (Lipinski definition) is 2. The molecule has 0 aliphatic carbocycles. The van der Waals surface area contributed by atoms with Gasteiger partial charge in [-0.2, -0.15) is 0 Å². The van der Waals surface area contributed by atoms with E-state index in [1.165, 1.54) is 11.1 Å². The summed E-state index contributed by atoms with van der Waals surface area (Å²) in [5, 5.41) is 5.84. The Morgan fingerprint density at radius 3 is 2.56 bits per heavy atom. The molecule has 2 aliphatic heterocycles. The normalized spacial score (nSPS) is 22.2. The molecule has 0 bridgehead atoms. The highest BCUT2D eigenvalue weighted by Crippen LogP contribution is 2.15. The van der Waals surface area contributed by atoms with Gasteiger partial charge in [-0.1, -0.05) is 29.8 Å².